The summed E-state index contributed by atoms with van der Waals surface area (Å²) in [6.45, 7) is 0. The summed E-state index contributed by atoms with van der Waals surface area (Å²) in [4.78, 5) is 0. The molecular formula is C18H24F2O2. The van der Waals surface area contributed by atoms with E-state index in [2.05, 4.69) is 0 Å². The molecule has 0 amide bonds. The number of methoxy groups -OCH3 is 2. The Labute approximate surface area is 130 Å². The zero-order valence-electron chi connectivity index (χ0n) is 13.3. The maximum atomic E-state index is 14.3. The van der Waals surface area contributed by atoms with Crippen molar-refractivity contribution in [3.63, 3.8) is 0 Å². The molecule has 0 aliphatic heterocycles. The highest BCUT2D eigenvalue weighted by atomic mass is 19.2. The normalized spacial score (nSPS) is 31.6. The Morgan fingerprint density at radius 2 is 1.64 bits per heavy atom. The number of ether oxygens (including phenoxy) is 2. The van der Waals surface area contributed by atoms with E-state index in [1.165, 1.54) is 7.11 Å². The van der Waals surface area contributed by atoms with E-state index in [0.717, 1.165) is 38.5 Å². The zero-order chi connectivity index (χ0) is 15.7. The van der Waals surface area contributed by atoms with Crippen molar-refractivity contribution in [3.05, 3.63) is 29.3 Å². The van der Waals surface area contributed by atoms with E-state index in [9.17, 15) is 8.78 Å². The van der Waals surface area contributed by atoms with Gasteiger partial charge < -0.3 is 9.47 Å². The second-order valence-corrected chi connectivity index (χ2v) is 6.69. The fourth-order valence-electron chi connectivity index (χ4n) is 4.36. The fourth-order valence-corrected chi connectivity index (χ4v) is 4.36. The molecule has 2 aliphatic carbocycles. The second kappa shape index (κ2) is 6.53. The van der Waals surface area contributed by atoms with Crippen LogP contribution in [0.4, 0.5) is 8.78 Å². The van der Waals surface area contributed by atoms with Crippen LogP contribution in [0, 0.1) is 23.5 Å². The van der Waals surface area contributed by atoms with E-state index in [4.69, 9.17) is 9.47 Å². The summed E-state index contributed by atoms with van der Waals surface area (Å²) in [7, 11) is 3.14. The Bertz CT molecular complexity index is 532. The molecule has 22 heavy (non-hydrogen) atoms. The molecule has 4 unspecified atom stereocenters. The van der Waals surface area contributed by atoms with E-state index < -0.39 is 11.6 Å². The van der Waals surface area contributed by atoms with Crippen LogP contribution < -0.4 is 4.74 Å². The van der Waals surface area contributed by atoms with E-state index in [0.29, 0.717) is 23.5 Å². The molecular weight excluding hydrogens is 286 g/mol. The first kappa shape index (κ1) is 15.7. The molecule has 4 heteroatoms. The van der Waals surface area contributed by atoms with Gasteiger partial charge in [-0.3, -0.25) is 0 Å². The molecule has 2 nitrogen and oxygen atoms in total. The third-order valence-corrected chi connectivity index (χ3v) is 5.63. The largest absolute Gasteiger partial charge is 0.494 e. The lowest BCUT2D eigenvalue weighted by Gasteiger charge is -2.42. The quantitative estimate of drug-likeness (QED) is 0.807. The van der Waals surface area contributed by atoms with Crippen molar-refractivity contribution in [2.75, 3.05) is 14.2 Å². The average Bonchev–Trinajstić information content (AvgIpc) is 2.56. The van der Waals surface area contributed by atoms with Crippen LogP contribution in [-0.2, 0) is 4.74 Å². The van der Waals surface area contributed by atoms with E-state index in [1.54, 1.807) is 19.2 Å². The Morgan fingerprint density at radius 1 is 0.909 bits per heavy atom. The Hall–Kier alpha value is -1.16. The summed E-state index contributed by atoms with van der Waals surface area (Å²) in [6, 6.07) is 3.24. The van der Waals surface area contributed by atoms with Gasteiger partial charge in [0.1, 0.15) is 0 Å². The van der Waals surface area contributed by atoms with Crippen molar-refractivity contribution >= 4 is 0 Å². The molecule has 0 saturated heterocycles. The van der Waals surface area contributed by atoms with Crippen molar-refractivity contribution in [3.8, 4) is 5.75 Å². The van der Waals surface area contributed by atoms with Gasteiger partial charge in [-0.05, 0) is 67.9 Å². The molecule has 2 aliphatic rings. The highest BCUT2D eigenvalue weighted by molar-refractivity contribution is 5.33. The van der Waals surface area contributed by atoms with Gasteiger partial charge in [0.15, 0.2) is 11.6 Å². The maximum Gasteiger partial charge on any atom is 0.200 e. The standard InChI is InChI=1S/C18H24F2O2/c1-21-14-6-5-11-9-13(4-3-12(11)10-14)15-7-8-16(22-2)18(20)17(15)19/h7-8,11-14H,3-6,9-10H2,1-2H3. The average molecular weight is 310 g/mol. The number of hydrogen-bond donors (Lipinski definition) is 0. The summed E-state index contributed by atoms with van der Waals surface area (Å²) in [6.07, 6.45) is 6.71. The van der Waals surface area contributed by atoms with Crippen LogP contribution in [0.5, 0.6) is 5.75 Å². The topological polar surface area (TPSA) is 18.5 Å². The second-order valence-electron chi connectivity index (χ2n) is 6.69. The predicted octanol–water partition coefficient (Wildman–Crippen LogP) is 4.67. The summed E-state index contributed by atoms with van der Waals surface area (Å²) in [5.74, 6) is -0.175. The first-order valence-corrected chi connectivity index (χ1v) is 8.18. The first-order valence-electron chi connectivity index (χ1n) is 8.18. The van der Waals surface area contributed by atoms with Gasteiger partial charge in [-0.25, -0.2) is 4.39 Å². The molecule has 122 valence electrons. The van der Waals surface area contributed by atoms with Crippen LogP contribution in [0.1, 0.15) is 50.0 Å². The molecule has 0 bridgehead atoms. The molecule has 0 N–H and O–H groups in total. The van der Waals surface area contributed by atoms with Gasteiger partial charge in [-0.15, -0.1) is 0 Å². The van der Waals surface area contributed by atoms with Gasteiger partial charge in [-0.1, -0.05) is 6.07 Å². The highest BCUT2D eigenvalue weighted by Crippen LogP contribution is 2.47. The van der Waals surface area contributed by atoms with Crippen molar-refractivity contribution in [1.82, 2.24) is 0 Å². The number of halogens is 2. The van der Waals surface area contributed by atoms with Crippen molar-refractivity contribution < 1.29 is 18.3 Å². The molecule has 2 fully saturated rings. The van der Waals surface area contributed by atoms with Gasteiger partial charge in [0.25, 0.3) is 0 Å². The summed E-state index contributed by atoms with van der Waals surface area (Å²) >= 11 is 0. The molecule has 1 aromatic rings. The maximum absolute atomic E-state index is 14.3. The summed E-state index contributed by atoms with van der Waals surface area (Å²) < 4.78 is 38.6. The van der Waals surface area contributed by atoms with Gasteiger partial charge in [0, 0.05) is 7.11 Å². The van der Waals surface area contributed by atoms with Crippen LogP contribution in [0.2, 0.25) is 0 Å². The molecule has 2 saturated carbocycles. The smallest absolute Gasteiger partial charge is 0.200 e. The number of rotatable bonds is 3. The number of hydrogen-bond acceptors (Lipinski definition) is 2. The Balaban J connectivity index is 1.74. The zero-order valence-corrected chi connectivity index (χ0v) is 13.3. The van der Waals surface area contributed by atoms with E-state index >= 15 is 0 Å². The first-order chi connectivity index (χ1) is 10.6. The molecule has 0 aromatic heterocycles. The molecule has 3 rings (SSSR count). The monoisotopic (exact) mass is 310 g/mol. The van der Waals surface area contributed by atoms with E-state index in [-0.39, 0.29) is 11.7 Å². The molecule has 0 spiro atoms. The third kappa shape index (κ3) is 2.85. The molecule has 4 atom stereocenters. The lowest BCUT2D eigenvalue weighted by molar-refractivity contribution is 0.0121. The van der Waals surface area contributed by atoms with Gasteiger partial charge in [-0.2, -0.15) is 4.39 Å². The van der Waals surface area contributed by atoms with Gasteiger partial charge in [0.2, 0.25) is 5.82 Å². The third-order valence-electron chi connectivity index (χ3n) is 5.63. The minimum Gasteiger partial charge on any atom is -0.494 e. The van der Waals surface area contributed by atoms with Crippen LogP contribution in [0.25, 0.3) is 0 Å². The number of fused-ring (bicyclic) bond motifs is 1. The fraction of sp³-hybridized carbons (Fsp3) is 0.667. The summed E-state index contributed by atoms with van der Waals surface area (Å²) in [5, 5.41) is 0. The van der Waals surface area contributed by atoms with Crippen molar-refractivity contribution in [2.45, 2.75) is 50.5 Å². The van der Waals surface area contributed by atoms with Gasteiger partial charge in [0.05, 0.1) is 13.2 Å². The number of benzene rings is 1. The predicted molar refractivity (Wildman–Crippen MR) is 81.1 cm³/mol. The van der Waals surface area contributed by atoms with Crippen LogP contribution in [0.15, 0.2) is 12.1 Å². The summed E-state index contributed by atoms with van der Waals surface area (Å²) in [5.41, 5.74) is 0.519. The van der Waals surface area contributed by atoms with Crippen molar-refractivity contribution in [2.24, 2.45) is 11.8 Å². The van der Waals surface area contributed by atoms with Crippen LogP contribution in [0.3, 0.4) is 0 Å². The highest BCUT2D eigenvalue weighted by Gasteiger charge is 2.37. The SMILES string of the molecule is COc1ccc(C2CCC3CC(OC)CCC3C2)c(F)c1F. The lowest BCUT2D eigenvalue weighted by Crippen LogP contribution is -2.33. The van der Waals surface area contributed by atoms with Crippen LogP contribution in [-0.4, -0.2) is 20.3 Å². The Morgan fingerprint density at radius 3 is 2.36 bits per heavy atom. The minimum absolute atomic E-state index is 0.0180. The van der Waals surface area contributed by atoms with Crippen LogP contribution >= 0.6 is 0 Å². The lowest BCUT2D eigenvalue weighted by atomic mass is 9.65. The van der Waals surface area contributed by atoms with Crippen molar-refractivity contribution in [1.29, 1.82) is 0 Å². The van der Waals surface area contributed by atoms with Gasteiger partial charge >= 0.3 is 0 Å². The minimum atomic E-state index is -0.856. The molecule has 0 radical (unpaired) electrons. The Kier molecular flexibility index (Phi) is 4.67. The molecule has 1 aromatic carbocycles. The van der Waals surface area contributed by atoms with E-state index in [1.807, 2.05) is 0 Å². The molecule has 0 heterocycles.